The number of hydrogen-bond acceptors (Lipinski definition) is 3. The van der Waals surface area contributed by atoms with Crippen molar-refractivity contribution in [1.82, 2.24) is 9.97 Å². The molecule has 16 heavy (non-hydrogen) atoms. The lowest BCUT2D eigenvalue weighted by Gasteiger charge is -2.03. The molecule has 0 saturated heterocycles. The summed E-state index contributed by atoms with van der Waals surface area (Å²) in [5.41, 5.74) is 1.95. The molecule has 0 N–H and O–H groups in total. The Hall–Kier alpha value is -2.10. The first kappa shape index (κ1) is 10.4. The van der Waals surface area contributed by atoms with Gasteiger partial charge in [0.1, 0.15) is 5.82 Å². The Morgan fingerprint density at radius 1 is 1.25 bits per heavy atom. The van der Waals surface area contributed by atoms with Crippen molar-refractivity contribution in [3.8, 4) is 11.4 Å². The summed E-state index contributed by atoms with van der Waals surface area (Å²) < 4.78 is 12.9. The standard InChI is InChI=1S/C12H9FN2O/c1-8-4-10(13)2-3-11(8)12-14-5-9(7-16)6-15-12/h2-7H,1H3. The van der Waals surface area contributed by atoms with Crippen molar-refractivity contribution in [3.05, 3.63) is 47.5 Å². The van der Waals surface area contributed by atoms with Crippen LogP contribution in [0.15, 0.2) is 30.6 Å². The number of carbonyl (C=O) groups excluding carboxylic acids is 1. The van der Waals surface area contributed by atoms with Crippen molar-refractivity contribution >= 4 is 6.29 Å². The van der Waals surface area contributed by atoms with E-state index in [1.807, 2.05) is 0 Å². The van der Waals surface area contributed by atoms with Gasteiger partial charge >= 0.3 is 0 Å². The smallest absolute Gasteiger partial charge is 0.159 e. The fourth-order valence-corrected chi connectivity index (χ4v) is 1.42. The van der Waals surface area contributed by atoms with E-state index in [2.05, 4.69) is 9.97 Å². The van der Waals surface area contributed by atoms with Gasteiger partial charge in [0.05, 0.1) is 5.56 Å². The SMILES string of the molecule is Cc1cc(F)ccc1-c1ncc(C=O)cn1. The van der Waals surface area contributed by atoms with Gasteiger partial charge in [0.25, 0.3) is 0 Å². The van der Waals surface area contributed by atoms with E-state index < -0.39 is 0 Å². The molecule has 1 aromatic heterocycles. The molecule has 4 heteroatoms. The van der Waals surface area contributed by atoms with Crippen LogP contribution < -0.4 is 0 Å². The minimum Gasteiger partial charge on any atom is -0.298 e. The molecule has 0 aliphatic carbocycles. The van der Waals surface area contributed by atoms with E-state index in [4.69, 9.17) is 0 Å². The van der Waals surface area contributed by atoms with E-state index in [1.54, 1.807) is 13.0 Å². The molecule has 0 aliphatic rings. The minimum atomic E-state index is -0.286. The van der Waals surface area contributed by atoms with E-state index in [0.717, 1.165) is 11.1 Å². The van der Waals surface area contributed by atoms with E-state index in [-0.39, 0.29) is 5.82 Å². The molecule has 0 bridgehead atoms. The van der Waals surface area contributed by atoms with Crippen LogP contribution in [0.3, 0.4) is 0 Å². The predicted octanol–water partition coefficient (Wildman–Crippen LogP) is 2.40. The van der Waals surface area contributed by atoms with Crippen LogP contribution in [0.4, 0.5) is 4.39 Å². The summed E-state index contributed by atoms with van der Waals surface area (Å²) in [6.45, 7) is 1.79. The van der Waals surface area contributed by atoms with Crippen LogP contribution in [0.1, 0.15) is 15.9 Å². The van der Waals surface area contributed by atoms with Crippen LogP contribution in [0.5, 0.6) is 0 Å². The maximum Gasteiger partial charge on any atom is 0.159 e. The fraction of sp³-hybridized carbons (Fsp3) is 0.0833. The first-order valence-electron chi connectivity index (χ1n) is 4.74. The van der Waals surface area contributed by atoms with Crippen LogP contribution in [-0.4, -0.2) is 16.3 Å². The zero-order valence-electron chi connectivity index (χ0n) is 8.64. The van der Waals surface area contributed by atoms with Crippen molar-refractivity contribution in [3.63, 3.8) is 0 Å². The Morgan fingerprint density at radius 3 is 2.50 bits per heavy atom. The first-order chi connectivity index (χ1) is 7.70. The number of hydrogen-bond donors (Lipinski definition) is 0. The van der Waals surface area contributed by atoms with Gasteiger partial charge in [-0.3, -0.25) is 4.79 Å². The fourth-order valence-electron chi connectivity index (χ4n) is 1.42. The zero-order chi connectivity index (χ0) is 11.5. The van der Waals surface area contributed by atoms with Gasteiger partial charge in [0.15, 0.2) is 12.1 Å². The quantitative estimate of drug-likeness (QED) is 0.724. The van der Waals surface area contributed by atoms with Crippen LogP contribution in [-0.2, 0) is 0 Å². The van der Waals surface area contributed by atoms with Crippen molar-refractivity contribution < 1.29 is 9.18 Å². The van der Waals surface area contributed by atoms with Crippen LogP contribution >= 0.6 is 0 Å². The van der Waals surface area contributed by atoms with E-state index in [0.29, 0.717) is 17.7 Å². The summed E-state index contributed by atoms with van der Waals surface area (Å²) in [7, 11) is 0. The molecule has 0 radical (unpaired) electrons. The lowest BCUT2D eigenvalue weighted by atomic mass is 10.1. The summed E-state index contributed by atoms with van der Waals surface area (Å²) in [6, 6.07) is 4.41. The van der Waals surface area contributed by atoms with Gasteiger partial charge in [-0.15, -0.1) is 0 Å². The summed E-state index contributed by atoms with van der Waals surface area (Å²) in [6.07, 6.45) is 3.57. The van der Waals surface area contributed by atoms with Crippen LogP contribution in [0.25, 0.3) is 11.4 Å². The highest BCUT2D eigenvalue weighted by molar-refractivity contribution is 5.74. The molecule has 2 rings (SSSR count). The summed E-state index contributed by atoms with van der Waals surface area (Å²) in [5, 5.41) is 0. The average molecular weight is 216 g/mol. The second-order valence-corrected chi connectivity index (χ2v) is 3.42. The lowest BCUT2D eigenvalue weighted by Crippen LogP contribution is -1.93. The summed E-state index contributed by atoms with van der Waals surface area (Å²) >= 11 is 0. The monoisotopic (exact) mass is 216 g/mol. The summed E-state index contributed by atoms with van der Waals surface area (Å²) in [5.74, 6) is 0.203. The molecule has 0 unspecified atom stereocenters. The maximum atomic E-state index is 12.9. The zero-order valence-corrected chi connectivity index (χ0v) is 8.64. The van der Waals surface area contributed by atoms with Gasteiger partial charge in [-0.2, -0.15) is 0 Å². The third-order valence-electron chi connectivity index (χ3n) is 2.24. The van der Waals surface area contributed by atoms with E-state index >= 15 is 0 Å². The number of carbonyl (C=O) groups is 1. The Balaban J connectivity index is 2.46. The minimum absolute atomic E-state index is 0.286. The molecule has 2 aromatic rings. The van der Waals surface area contributed by atoms with Gasteiger partial charge in [0.2, 0.25) is 0 Å². The van der Waals surface area contributed by atoms with Gasteiger partial charge in [-0.1, -0.05) is 0 Å². The van der Waals surface area contributed by atoms with Gasteiger partial charge in [-0.25, -0.2) is 14.4 Å². The lowest BCUT2D eigenvalue weighted by molar-refractivity contribution is 0.112. The van der Waals surface area contributed by atoms with Gasteiger partial charge in [0, 0.05) is 18.0 Å². The number of aldehydes is 1. The van der Waals surface area contributed by atoms with E-state index in [9.17, 15) is 9.18 Å². The first-order valence-corrected chi connectivity index (χ1v) is 4.74. The Morgan fingerprint density at radius 2 is 1.94 bits per heavy atom. The largest absolute Gasteiger partial charge is 0.298 e. The van der Waals surface area contributed by atoms with Crippen molar-refractivity contribution in [2.75, 3.05) is 0 Å². The average Bonchev–Trinajstić information content (AvgIpc) is 2.29. The second-order valence-electron chi connectivity index (χ2n) is 3.42. The molecule has 0 atom stereocenters. The molecule has 0 amide bonds. The van der Waals surface area contributed by atoms with Crippen molar-refractivity contribution in [1.29, 1.82) is 0 Å². The summed E-state index contributed by atoms with van der Waals surface area (Å²) in [4.78, 5) is 18.5. The number of rotatable bonds is 2. The molecule has 0 fully saturated rings. The Kier molecular flexibility index (Phi) is 2.72. The Labute approximate surface area is 92.0 Å². The third-order valence-corrected chi connectivity index (χ3v) is 2.24. The third kappa shape index (κ3) is 1.95. The molecule has 0 aliphatic heterocycles. The maximum absolute atomic E-state index is 12.9. The molecule has 1 heterocycles. The highest BCUT2D eigenvalue weighted by Gasteiger charge is 2.05. The number of benzene rings is 1. The normalized spacial score (nSPS) is 10.1. The highest BCUT2D eigenvalue weighted by Crippen LogP contribution is 2.19. The molecule has 0 spiro atoms. The number of nitrogens with zero attached hydrogens (tertiary/aromatic N) is 2. The Bertz CT molecular complexity index is 523. The molecule has 80 valence electrons. The molecule has 0 saturated carbocycles. The highest BCUT2D eigenvalue weighted by atomic mass is 19.1. The van der Waals surface area contributed by atoms with Gasteiger partial charge in [-0.05, 0) is 30.7 Å². The topological polar surface area (TPSA) is 42.9 Å². The predicted molar refractivity (Wildman–Crippen MR) is 57.6 cm³/mol. The number of aryl methyl sites for hydroxylation is 1. The van der Waals surface area contributed by atoms with Crippen molar-refractivity contribution in [2.45, 2.75) is 6.92 Å². The van der Waals surface area contributed by atoms with Crippen LogP contribution in [0.2, 0.25) is 0 Å². The molecule has 1 aromatic carbocycles. The number of halogens is 1. The molecular formula is C12H9FN2O. The second kappa shape index (κ2) is 4.18. The van der Waals surface area contributed by atoms with Gasteiger partial charge < -0.3 is 0 Å². The molecular weight excluding hydrogens is 207 g/mol. The van der Waals surface area contributed by atoms with Crippen LogP contribution in [0, 0.1) is 12.7 Å². The molecule has 3 nitrogen and oxygen atoms in total. The number of aromatic nitrogens is 2. The van der Waals surface area contributed by atoms with Crippen molar-refractivity contribution in [2.24, 2.45) is 0 Å². The van der Waals surface area contributed by atoms with E-state index in [1.165, 1.54) is 24.5 Å².